The van der Waals surface area contributed by atoms with Crippen LogP contribution in [0.2, 0.25) is 0 Å². The van der Waals surface area contributed by atoms with E-state index in [-0.39, 0.29) is 6.04 Å². The number of aromatic nitrogens is 1. The van der Waals surface area contributed by atoms with E-state index in [1.54, 1.807) is 0 Å². The fourth-order valence-electron chi connectivity index (χ4n) is 10.8. The molecule has 3 aromatic heterocycles. The molecule has 0 saturated heterocycles. The van der Waals surface area contributed by atoms with E-state index in [1.807, 2.05) is 11.3 Å². The monoisotopic (exact) mass is 902 g/mol. The van der Waals surface area contributed by atoms with Crippen LogP contribution in [0, 0.1) is 0 Å². The number of rotatable bonds is 8. The predicted molar refractivity (Wildman–Crippen MR) is 297 cm³/mol. The molecule has 0 fully saturated rings. The molecular formula is C65H46N2OS. The van der Waals surface area contributed by atoms with E-state index in [0.717, 1.165) is 83.3 Å². The number of aliphatic imine (C=N–C) groups is 1. The lowest BCUT2D eigenvalue weighted by Crippen LogP contribution is -2.10. The number of nitrogens with zero attached hydrogens (tertiary/aromatic N) is 2. The number of hydrogen-bond acceptors (Lipinski definition) is 3. The second-order valence-electron chi connectivity index (χ2n) is 18.5. The summed E-state index contributed by atoms with van der Waals surface area (Å²) in [6, 6.07) is 74.4. The molecule has 69 heavy (non-hydrogen) atoms. The van der Waals surface area contributed by atoms with Gasteiger partial charge in [-0.3, -0.25) is 4.99 Å². The molecule has 13 aromatic rings. The molecule has 0 aliphatic rings. The third-order valence-electron chi connectivity index (χ3n) is 14.3. The van der Waals surface area contributed by atoms with Crippen molar-refractivity contribution in [3.63, 3.8) is 0 Å². The number of fused-ring (bicyclic) bond motifs is 12. The molecule has 0 saturated carbocycles. The van der Waals surface area contributed by atoms with Crippen molar-refractivity contribution in [3.8, 4) is 16.8 Å². The Morgan fingerprint density at radius 3 is 2.04 bits per heavy atom. The number of hydrogen-bond donors (Lipinski definition) is 0. The Bertz CT molecular complexity index is 4310. The standard InChI is InChI=1S/C65H46N2OS/c1-39(2)62(47-24-16-23-44(34-47)42-18-6-5-7-19-42)66-63(53-28-17-31-60-61(53)52-27-13-15-30-59(52)69-60)41(4)40(3)48-36-55-50-26-12-14-29-58(50)68-65(55)57(38-48)67-56-37-46-22-9-8-21-45(46)35-54(56)51-33-32-43-20-10-11-25-49(43)64(51)67/h5-38,62H,1H2,2-4H3/b41-40+,66-63?. The van der Waals surface area contributed by atoms with Crippen molar-refractivity contribution in [3.05, 3.63) is 241 Å². The lowest BCUT2D eigenvalue weighted by Gasteiger charge is -2.20. The van der Waals surface area contributed by atoms with Gasteiger partial charge in [0.25, 0.3) is 0 Å². The maximum atomic E-state index is 7.00. The Balaban J connectivity index is 1.11. The SMILES string of the molecule is C=C(C)C(N=C(/C(C)=C(\C)c1cc(-n2c3cc4ccccc4cc3c3ccc4ccccc4c32)c2oc3ccccc3c2c1)c1cccc2sc3ccccc3c12)c1cccc(-c2ccccc2)c1. The minimum absolute atomic E-state index is 0.303. The Morgan fingerprint density at radius 1 is 0.536 bits per heavy atom. The largest absolute Gasteiger partial charge is 0.454 e. The van der Waals surface area contributed by atoms with Crippen LogP contribution in [-0.4, -0.2) is 10.3 Å². The first kappa shape index (κ1) is 40.9. The first-order valence-corrected chi connectivity index (χ1v) is 24.5. The van der Waals surface area contributed by atoms with Crippen molar-refractivity contribution in [2.75, 3.05) is 0 Å². The van der Waals surface area contributed by atoms with Crippen LogP contribution in [0.15, 0.2) is 233 Å². The third-order valence-corrected chi connectivity index (χ3v) is 15.4. The van der Waals surface area contributed by atoms with Crippen LogP contribution in [0.1, 0.15) is 43.5 Å². The van der Waals surface area contributed by atoms with Gasteiger partial charge in [-0.2, -0.15) is 0 Å². The molecule has 0 spiro atoms. The minimum Gasteiger partial charge on any atom is -0.454 e. The summed E-state index contributed by atoms with van der Waals surface area (Å²) in [5.41, 5.74) is 14.8. The van der Waals surface area contributed by atoms with Crippen LogP contribution >= 0.6 is 11.3 Å². The highest BCUT2D eigenvalue weighted by molar-refractivity contribution is 7.25. The Hall–Kier alpha value is -8.31. The van der Waals surface area contributed by atoms with Crippen molar-refractivity contribution in [2.24, 2.45) is 4.99 Å². The minimum atomic E-state index is -0.303. The topological polar surface area (TPSA) is 30.4 Å². The molecule has 1 atom stereocenters. The first-order valence-electron chi connectivity index (χ1n) is 23.7. The first-order chi connectivity index (χ1) is 33.9. The lowest BCUT2D eigenvalue weighted by atomic mass is 9.91. The number of para-hydroxylation sites is 1. The van der Waals surface area contributed by atoms with Gasteiger partial charge < -0.3 is 8.98 Å². The quantitative estimate of drug-likeness (QED) is 0.110. The van der Waals surface area contributed by atoms with Gasteiger partial charge >= 0.3 is 0 Å². The van der Waals surface area contributed by atoms with Gasteiger partial charge in [0.05, 0.1) is 28.5 Å². The fraction of sp³-hybridized carbons (Fsp3) is 0.0615. The number of furan rings is 1. The third kappa shape index (κ3) is 6.66. The maximum absolute atomic E-state index is 7.00. The summed E-state index contributed by atoms with van der Waals surface area (Å²) in [6.07, 6.45) is 0. The molecule has 10 aromatic carbocycles. The summed E-state index contributed by atoms with van der Waals surface area (Å²) < 4.78 is 12.0. The summed E-state index contributed by atoms with van der Waals surface area (Å²) in [5.74, 6) is 0. The van der Waals surface area contributed by atoms with Crippen LogP contribution in [0.5, 0.6) is 0 Å². The summed E-state index contributed by atoms with van der Waals surface area (Å²) >= 11 is 1.84. The van der Waals surface area contributed by atoms with Crippen molar-refractivity contribution in [1.29, 1.82) is 0 Å². The predicted octanol–water partition coefficient (Wildman–Crippen LogP) is 18.6. The Kier molecular flexibility index (Phi) is 9.60. The van der Waals surface area contributed by atoms with Crippen molar-refractivity contribution < 1.29 is 4.42 Å². The van der Waals surface area contributed by atoms with E-state index in [0.29, 0.717) is 0 Å². The smallest absolute Gasteiger partial charge is 0.159 e. The van der Waals surface area contributed by atoms with E-state index in [2.05, 4.69) is 238 Å². The van der Waals surface area contributed by atoms with Gasteiger partial charge in [0.2, 0.25) is 0 Å². The number of benzene rings is 10. The second-order valence-corrected chi connectivity index (χ2v) is 19.5. The van der Waals surface area contributed by atoms with E-state index in [1.165, 1.54) is 58.1 Å². The molecule has 13 rings (SSSR count). The van der Waals surface area contributed by atoms with Gasteiger partial charge in [-0.15, -0.1) is 11.3 Å². The fourth-order valence-corrected chi connectivity index (χ4v) is 11.9. The molecule has 328 valence electrons. The molecule has 0 aliphatic carbocycles. The molecule has 0 aliphatic heterocycles. The van der Waals surface area contributed by atoms with Crippen LogP contribution in [-0.2, 0) is 0 Å². The highest BCUT2D eigenvalue weighted by Gasteiger charge is 2.24. The van der Waals surface area contributed by atoms with Crippen LogP contribution in [0.4, 0.5) is 0 Å². The van der Waals surface area contributed by atoms with Crippen molar-refractivity contribution in [1.82, 2.24) is 4.57 Å². The van der Waals surface area contributed by atoms with Crippen molar-refractivity contribution in [2.45, 2.75) is 26.8 Å². The zero-order valence-electron chi connectivity index (χ0n) is 38.6. The molecule has 3 heterocycles. The number of thiophene rings is 1. The van der Waals surface area contributed by atoms with Gasteiger partial charge in [-0.05, 0) is 119 Å². The lowest BCUT2D eigenvalue weighted by molar-refractivity contribution is 0.666. The highest BCUT2D eigenvalue weighted by Crippen LogP contribution is 2.44. The van der Waals surface area contributed by atoms with Crippen LogP contribution in [0.3, 0.4) is 0 Å². The molecule has 0 amide bonds. The average Bonchev–Trinajstić information content (AvgIpc) is 4.07. The molecule has 4 heteroatoms. The second kappa shape index (κ2) is 16.2. The van der Waals surface area contributed by atoms with E-state index in [9.17, 15) is 0 Å². The van der Waals surface area contributed by atoms with E-state index in [4.69, 9.17) is 9.41 Å². The average molecular weight is 903 g/mol. The van der Waals surface area contributed by atoms with Gasteiger partial charge in [0.15, 0.2) is 5.58 Å². The molecule has 3 nitrogen and oxygen atoms in total. The highest BCUT2D eigenvalue weighted by atomic mass is 32.1. The Labute approximate surface area is 404 Å². The maximum Gasteiger partial charge on any atom is 0.159 e. The Morgan fingerprint density at radius 2 is 1.22 bits per heavy atom. The van der Waals surface area contributed by atoms with Gasteiger partial charge in [0, 0.05) is 52.7 Å². The zero-order valence-corrected chi connectivity index (χ0v) is 39.4. The molecular weight excluding hydrogens is 857 g/mol. The molecule has 0 bridgehead atoms. The summed E-state index contributed by atoms with van der Waals surface area (Å²) in [6.45, 7) is 11.2. The number of allylic oxidation sites excluding steroid dienone is 2. The van der Waals surface area contributed by atoms with E-state index < -0.39 is 0 Å². The molecule has 0 N–H and O–H groups in total. The van der Waals surface area contributed by atoms with Crippen molar-refractivity contribution >= 4 is 108 Å². The van der Waals surface area contributed by atoms with Crippen LogP contribution in [0.25, 0.3) is 108 Å². The van der Waals surface area contributed by atoms with Crippen LogP contribution < -0.4 is 0 Å². The molecule has 1 unspecified atom stereocenters. The summed E-state index contributed by atoms with van der Waals surface area (Å²) in [5, 5.41) is 11.8. The summed E-state index contributed by atoms with van der Waals surface area (Å²) in [4.78, 5) is 5.89. The molecule has 0 radical (unpaired) electrons. The zero-order chi connectivity index (χ0) is 46.3. The summed E-state index contributed by atoms with van der Waals surface area (Å²) in [7, 11) is 0. The van der Waals surface area contributed by atoms with Gasteiger partial charge in [-0.1, -0.05) is 170 Å². The van der Waals surface area contributed by atoms with Gasteiger partial charge in [0.1, 0.15) is 5.58 Å². The normalized spacial score (nSPS) is 13.2. The van der Waals surface area contributed by atoms with Gasteiger partial charge in [-0.25, -0.2) is 0 Å². The van der Waals surface area contributed by atoms with E-state index >= 15 is 0 Å².